The predicted molar refractivity (Wildman–Crippen MR) is 91.0 cm³/mol. The highest BCUT2D eigenvalue weighted by atomic mass is 15.3. The summed E-state index contributed by atoms with van der Waals surface area (Å²) in [7, 11) is 2.13. The number of hydrogen-bond acceptors (Lipinski definition) is 4. The Bertz CT molecular complexity index is 538. The Kier molecular flexibility index (Phi) is 4.18. The van der Waals surface area contributed by atoms with E-state index in [1.165, 1.54) is 58.0 Å². The number of hydrogen-bond donors (Lipinski definition) is 1. The topological polar surface area (TPSA) is 60.0 Å². The molecular formula is C18H31N5. The molecule has 128 valence electrons. The van der Waals surface area contributed by atoms with E-state index in [-0.39, 0.29) is 0 Å². The molecule has 1 spiro atoms. The van der Waals surface area contributed by atoms with Gasteiger partial charge in [-0.1, -0.05) is 25.7 Å². The average Bonchev–Trinajstić information content (AvgIpc) is 2.96. The lowest BCUT2D eigenvalue weighted by Gasteiger charge is -2.31. The Labute approximate surface area is 139 Å². The minimum atomic E-state index is 0.369. The van der Waals surface area contributed by atoms with Gasteiger partial charge in [-0.05, 0) is 44.1 Å². The molecule has 0 aromatic carbocycles. The number of nitrogens with two attached hydrogens (primary N) is 1. The van der Waals surface area contributed by atoms with Crippen molar-refractivity contribution in [1.29, 1.82) is 0 Å². The van der Waals surface area contributed by atoms with Gasteiger partial charge >= 0.3 is 0 Å². The Balaban J connectivity index is 1.39. The first kappa shape index (κ1) is 15.6. The first-order valence-electron chi connectivity index (χ1n) is 9.51. The summed E-state index contributed by atoms with van der Waals surface area (Å²) in [6, 6.07) is 0.369. The summed E-state index contributed by atoms with van der Waals surface area (Å²) in [5.41, 5.74) is 6.53. The molecule has 0 unspecified atom stereocenters. The van der Waals surface area contributed by atoms with Gasteiger partial charge < -0.3 is 10.3 Å². The van der Waals surface area contributed by atoms with Crippen molar-refractivity contribution < 1.29 is 0 Å². The van der Waals surface area contributed by atoms with Gasteiger partial charge in [-0.15, -0.1) is 10.2 Å². The zero-order valence-corrected chi connectivity index (χ0v) is 14.5. The van der Waals surface area contributed by atoms with Gasteiger partial charge in [0.1, 0.15) is 11.6 Å². The Morgan fingerprint density at radius 2 is 1.83 bits per heavy atom. The molecule has 1 aliphatic heterocycles. The number of nitrogens with zero attached hydrogens (tertiary/aromatic N) is 4. The third-order valence-electron chi connectivity index (χ3n) is 6.59. The van der Waals surface area contributed by atoms with Gasteiger partial charge in [0.05, 0.1) is 6.54 Å². The van der Waals surface area contributed by atoms with E-state index in [9.17, 15) is 0 Å². The van der Waals surface area contributed by atoms with Gasteiger partial charge in [0.25, 0.3) is 0 Å². The molecule has 1 aromatic rings. The summed E-state index contributed by atoms with van der Waals surface area (Å²) in [5, 5.41) is 8.95. The van der Waals surface area contributed by atoms with Gasteiger partial charge in [0.2, 0.25) is 0 Å². The van der Waals surface area contributed by atoms with Crippen LogP contribution in [0.2, 0.25) is 0 Å². The van der Waals surface area contributed by atoms with E-state index in [0.29, 0.717) is 17.4 Å². The van der Waals surface area contributed by atoms with Crippen molar-refractivity contribution in [2.75, 3.05) is 13.1 Å². The van der Waals surface area contributed by atoms with Crippen molar-refractivity contribution in [2.45, 2.75) is 76.3 Å². The van der Waals surface area contributed by atoms with Crippen LogP contribution in [0.5, 0.6) is 0 Å². The summed E-state index contributed by atoms with van der Waals surface area (Å²) >= 11 is 0. The van der Waals surface area contributed by atoms with Crippen LogP contribution in [0.25, 0.3) is 0 Å². The van der Waals surface area contributed by atoms with Crippen LogP contribution in [-0.2, 0) is 13.6 Å². The van der Waals surface area contributed by atoms with Crippen LogP contribution in [0.15, 0.2) is 0 Å². The molecule has 0 radical (unpaired) electrons. The quantitative estimate of drug-likeness (QED) is 0.931. The van der Waals surface area contributed by atoms with Crippen molar-refractivity contribution in [1.82, 2.24) is 19.7 Å². The molecule has 2 heterocycles. The number of aromatic nitrogens is 3. The van der Waals surface area contributed by atoms with E-state index in [4.69, 9.17) is 5.73 Å². The van der Waals surface area contributed by atoms with E-state index in [1.807, 2.05) is 0 Å². The Hall–Kier alpha value is -0.940. The normalized spacial score (nSPS) is 31.2. The van der Waals surface area contributed by atoms with Gasteiger partial charge in [0, 0.05) is 25.6 Å². The van der Waals surface area contributed by atoms with Gasteiger partial charge in [-0.25, -0.2) is 0 Å². The van der Waals surface area contributed by atoms with Crippen LogP contribution >= 0.6 is 0 Å². The lowest BCUT2D eigenvalue weighted by molar-refractivity contribution is 0.220. The minimum absolute atomic E-state index is 0.369. The summed E-state index contributed by atoms with van der Waals surface area (Å²) in [6.07, 6.45) is 12.2. The zero-order valence-electron chi connectivity index (χ0n) is 14.5. The first-order chi connectivity index (χ1) is 11.2. The molecule has 2 saturated carbocycles. The summed E-state index contributed by atoms with van der Waals surface area (Å²) in [4.78, 5) is 2.62. The Morgan fingerprint density at radius 3 is 2.52 bits per heavy atom. The van der Waals surface area contributed by atoms with Crippen molar-refractivity contribution in [3.8, 4) is 0 Å². The molecule has 0 bridgehead atoms. The first-order valence-corrected chi connectivity index (χ1v) is 9.51. The van der Waals surface area contributed by atoms with Crippen molar-refractivity contribution in [3.63, 3.8) is 0 Å². The monoisotopic (exact) mass is 317 g/mol. The minimum Gasteiger partial charge on any atom is -0.328 e. The molecule has 3 aliphatic rings. The second-order valence-corrected chi connectivity index (χ2v) is 8.34. The highest BCUT2D eigenvalue weighted by Gasteiger charge is 2.38. The molecule has 3 fully saturated rings. The fraction of sp³-hybridized carbons (Fsp3) is 0.889. The van der Waals surface area contributed by atoms with Crippen LogP contribution in [0.1, 0.15) is 75.4 Å². The lowest BCUT2D eigenvalue weighted by atomic mass is 9.80. The van der Waals surface area contributed by atoms with Gasteiger partial charge in [-0.3, -0.25) is 4.90 Å². The molecular weight excluding hydrogens is 286 g/mol. The van der Waals surface area contributed by atoms with Gasteiger partial charge in [0.15, 0.2) is 0 Å². The summed E-state index contributed by atoms with van der Waals surface area (Å²) in [5.74, 6) is 2.80. The smallest absolute Gasteiger partial charge is 0.146 e. The van der Waals surface area contributed by atoms with Crippen molar-refractivity contribution in [3.05, 3.63) is 11.6 Å². The fourth-order valence-corrected chi connectivity index (χ4v) is 4.99. The van der Waals surface area contributed by atoms with Crippen LogP contribution < -0.4 is 5.73 Å². The summed E-state index contributed by atoms with van der Waals surface area (Å²) in [6.45, 7) is 3.46. The summed E-state index contributed by atoms with van der Waals surface area (Å²) < 4.78 is 2.23. The van der Waals surface area contributed by atoms with E-state index in [2.05, 4.69) is 26.7 Å². The van der Waals surface area contributed by atoms with Crippen LogP contribution in [0.4, 0.5) is 0 Å². The molecule has 1 aromatic heterocycles. The standard InChI is InChI=1S/C18H31N5/c1-22-16(20-21-17(22)14-10-15(19)11-14)12-23-9-8-18(13-23)6-4-2-3-5-7-18/h14-15H,2-13,19H2,1H3. The molecule has 2 N–H and O–H groups in total. The molecule has 2 aliphatic carbocycles. The Morgan fingerprint density at radius 1 is 1.09 bits per heavy atom. The zero-order chi connectivity index (χ0) is 15.9. The number of likely N-dealkylation sites (tertiary alicyclic amines) is 1. The van der Waals surface area contributed by atoms with Crippen molar-refractivity contribution >= 4 is 0 Å². The van der Waals surface area contributed by atoms with Gasteiger partial charge in [-0.2, -0.15) is 0 Å². The van der Waals surface area contributed by atoms with Crippen LogP contribution in [0, 0.1) is 5.41 Å². The second-order valence-electron chi connectivity index (χ2n) is 8.34. The fourth-order valence-electron chi connectivity index (χ4n) is 4.99. The third-order valence-corrected chi connectivity index (χ3v) is 6.59. The largest absolute Gasteiger partial charge is 0.328 e. The molecule has 5 heteroatoms. The van der Waals surface area contributed by atoms with E-state index in [0.717, 1.165) is 31.0 Å². The second kappa shape index (κ2) is 6.17. The maximum absolute atomic E-state index is 5.92. The maximum Gasteiger partial charge on any atom is 0.146 e. The lowest BCUT2D eigenvalue weighted by Crippen LogP contribution is -2.36. The van der Waals surface area contributed by atoms with E-state index >= 15 is 0 Å². The van der Waals surface area contributed by atoms with E-state index < -0.39 is 0 Å². The molecule has 1 saturated heterocycles. The molecule has 0 amide bonds. The van der Waals surface area contributed by atoms with Crippen LogP contribution in [-0.4, -0.2) is 38.8 Å². The molecule has 23 heavy (non-hydrogen) atoms. The average molecular weight is 317 g/mol. The number of rotatable bonds is 3. The maximum atomic E-state index is 5.92. The van der Waals surface area contributed by atoms with Crippen LogP contribution in [0.3, 0.4) is 0 Å². The SMILES string of the molecule is Cn1c(CN2CCC3(CCCCCC3)C2)nnc1C1CC(N)C1. The molecule has 0 atom stereocenters. The third kappa shape index (κ3) is 3.05. The van der Waals surface area contributed by atoms with E-state index in [1.54, 1.807) is 0 Å². The highest BCUT2D eigenvalue weighted by Crippen LogP contribution is 2.43. The predicted octanol–water partition coefficient (Wildman–Crippen LogP) is 2.57. The highest BCUT2D eigenvalue weighted by molar-refractivity contribution is 5.08. The molecule has 5 nitrogen and oxygen atoms in total. The molecule has 4 rings (SSSR count). The van der Waals surface area contributed by atoms with Crippen molar-refractivity contribution in [2.24, 2.45) is 18.2 Å².